The van der Waals surface area contributed by atoms with Crippen LogP contribution in [0.25, 0.3) is 0 Å². The number of nitrogens with one attached hydrogen (secondary N) is 1. The first-order valence-corrected chi connectivity index (χ1v) is 11.2. The van der Waals surface area contributed by atoms with Crippen LogP contribution in [0.1, 0.15) is 35.9 Å². The Morgan fingerprint density at radius 1 is 0.886 bits per heavy atom. The van der Waals surface area contributed by atoms with E-state index in [1.54, 1.807) is 33.1 Å². The second-order valence-electron chi connectivity index (χ2n) is 8.42. The molecule has 3 aromatic rings. The molecule has 10 nitrogen and oxygen atoms in total. The van der Waals surface area contributed by atoms with E-state index < -0.39 is 6.04 Å². The third-order valence-electron chi connectivity index (χ3n) is 6.54. The van der Waals surface area contributed by atoms with Gasteiger partial charge in [-0.25, -0.2) is 4.68 Å². The van der Waals surface area contributed by atoms with Crippen molar-refractivity contribution >= 4 is 17.7 Å². The Bertz CT molecular complexity index is 1330. The molecule has 0 bridgehead atoms. The molecule has 3 N–H and O–H groups in total. The van der Waals surface area contributed by atoms with Crippen LogP contribution < -0.4 is 30.0 Å². The van der Waals surface area contributed by atoms with Gasteiger partial charge in [-0.2, -0.15) is 4.98 Å². The molecular weight excluding hydrogens is 450 g/mol. The molecule has 1 aliphatic carbocycles. The van der Waals surface area contributed by atoms with Gasteiger partial charge >= 0.3 is 0 Å². The largest absolute Gasteiger partial charge is 0.493 e. The summed E-state index contributed by atoms with van der Waals surface area (Å²) in [4.78, 5) is 18.0. The maximum atomic E-state index is 13.7. The molecule has 2 aliphatic rings. The number of anilines is 2. The van der Waals surface area contributed by atoms with Gasteiger partial charge in [0.1, 0.15) is 6.04 Å². The summed E-state index contributed by atoms with van der Waals surface area (Å²) in [5, 5.41) is 7.69. The average Bonchev–Trinajstić information content (AvgIpc) is 3.25. The molecule has 5 rings (SSSR count). The van der Waals surface area contributed by atoms with E-state index >= 15 is 0 Å². The van der Waals surface area contributed by atoms with Gasteiger partial charge in [-0.3, -0.25) is 4.79 Å². The number of Topliss-reactive ketones (excluding diaryl/α,β-unsaturated/α-hetero) is 1. The van der Waals surface area contributed by atoms with Crippen LogP contribution in [0.15, 0.2) is 47.7 Å². The number of allylic oxidation sites excluding steroid dienone is 2. The lowest BCUT2D eigenvalue weighted by molar-refractivity contribution is -0.116. The van der Waals surface area contributed by atoms with Gasteiger partial charge in [-0.1, -0.05) is 12.1 Å². The summed E-state index contributed by atoms with van der Waals surface area (Å²) < 4.78 is 23.4. The third-order valence-corrected chi connectivity index (χ3v) is 6.54. The number of hydrogen-bond acceptors (Lipinski definition) is 9. The zero-order valence-corrected chi connectivity index (χ0v) is 20.0. The summed E-state index contributed by atoms with van der Waals surface area (Å²) in [6.45, 7) is 0. The summed E-state index contributed by atoms with van der Waals surface area (Å²) in [7, 11) is 6.35. The Kier molecular flexibility index (Phi) is 5.72. The van der Waals surface area contributed by atoms with Crippen LogP contribution in [0.5, 0.6) is 23.0 Å². The molecule has 1 aromatic heterocycles. The number of rotatable bonds is 6. The summed E-state index contributed by atoms with van der Waals surface area (Å²) in [5.41, 5.74) is 9.21. The topological polar surface area (TPSA) is 123 Å². The van der Waals surface area contributed by atoms with Crippen molar-refractivity contribution in [2.45, 2.75) is 24.8 Å². The average molecular weight is 478 g/mol. The second-order valence-corrected chi connectivity index (χ2v) is 8.42. The number of ketones is 1. The molecule has 0 fully saturated rings. The lowest BCUT2D eigenvalue weighted by atomic mass is 9.78. The van der Waals surface area contributed by atoms with Crippen molar-refractivity contribution in [2.24, 2.45) is 0 Å². The van der Waals surface area contributed by atoms with E-state index in [1.807, 2.05) is 36.4 Å². The third kappa shape index (κ3) is 3.80. The van der Waals surface area contributed by atoms with Crippen LogP contribution in [-0.2, 0) is 4.79 Å². The van der Waals surface area contributed by atoms with Crippen LogP contribution in [0.4, 0.5) is 11.9 Å². The van der Waals surface area contributed by atoms with Gasteiger partial charge in [-0.05, 0) is 47.7 Å². The molecule has 0 saturated carbocycles. The molecule has 2 atom stereocenters. The SMILES string of the molecule is COc1ccc([C@H]2CC(=O)C3=C(C2)Nc2nc(N)nn2[C@@H]3c2ccc(OC)c(OC)c2)cc1OC. The van der Waals surface area contributed by atoms with E-state index in [1.165, 1.54) is 0 Å². The van der Waals surface area contributed by atoms with Crippen LogP contribution in [0, 0.1) is 0 Å². The van der Waals surface area contributed by atoms with E-state index in [9.17, 15) is 4.79 Å². The first-order chi connectivity index (χ1) is 17.0. The van der Waals surface area contributed by atoms with Gasteiger partial charge in [0.05, 0.1) is 28.4 Å². The molecule has 0 unspecified atom stereocenters. The van der Waals surface area contributed by atoms with Gasteiger partial charge in [0.25, 0.3) is 0 Å². The van der Waals surface area contributed by atoms with Crippen molar-refractivity contribution in [1.82, 2.24) is 14.8 Å². The molecule has 0 radical (unpaired) electrons. The first-order valence-electron chi connectivity index (χ1n) is 11.2. The van der Waals surface area contributed by atoms with Crippen molar-refractivity contribution < 1.29 is 23.7 Å². The Morgan fingerprint density at radius 3 is 2.11 bits per heavy atom. The Morgan fingerprint density at radius 2 is 1.49 bits per heavy atom. The van der Waals surface area contributed by atoms with Gasteiger partial charge in [-0.15, -0.1) is 5.10 Å². The maximum Gasteiger partial charge on any atom is 0.241 e. The van der Waals surface area contributed by atoms with Crippen molar-refractivity contribution in [3.8, 4) is 23.0 Å². The Balaban J connectivity index is 1.58. The van der Waals surface area contributed by atoms with Crippen LogP contribution in [0.2, 0.25) is 0 Å². The van der Waals surface area contributed by atoms with E-state index in [4.69, 9.17) is 24.7 Å². The van der Waals surface area contributed by atoms with E-state index in [0.29, 0.717) is 47.4 Å². The van der Waals surface area contributed by atoms with Crippen LogP contribution >= 0.6 is 0 Å². The Hall–Kier alpha value is -4.21. The molecule has 182 valence electrons. The lowest BCUT2D eigenvalue weighted by Gasteiger charge is -2.35. The minimum atomic E-state index is -0.496. The summed E-state index contributed by atoms with van der Waals surface area (Å²) in [6, 6.07) is 10.8. The molecule has 2 heterocycles. The van der Waals surface area contributed by atoms with Crippen molar-refractivity contribution in [2.75, 3.05) is 39.5 Å². The number of ether oxygens (including phenoxy) is 4. The lowest BCUT2D eigenvalue weighted by Crippen LogP contribution is -2.33. The second kappa shape index (κ2) is 8.86. The van der Waals surface area contributed by atoms with E-state index in [2.05, 4.69) is 15.4 Å². The fraction of sp³-hybridized carbons (Fsp3) is 0.320. The number of carbonyl (C=O) groups is 1. The first kappa shape index (κ1) is 22.6. The van der Waals surface area contributed by atoms with E-state index in [-0.39, 0.29) is 17.6 Å². The van der Waals surface area contributed by atoms with Gasteiger partial charge in [0.15, 0.2) is 28.8 Å². The molecule has 0 amide bonds. The van der Waals surface area contributed by atoms with Crippen molar-refractivity contribution in [1.29, 1.82) is 0 Å². The van der Waals surface area contributed by atoms with Crippen LogP contribution in [-0.4, -0.2) is 49.0 Å². The zero-order valence-electron chi connectivity index (χ0n) is 20.0. The number of fused-ring (bicyclic) bond motifs is 1. The predicted molar refractivity (Wildman–Crippen MR) is 129 cm³/mol. The standard InChI is InChI=1S/C25H27N5O5/c1-32-18-7-5-13(11-20(18)34-3)15-9-16-22(17(31)10-15)23(30-25(27-16)28-24(26)29-30)14-6-8-19(33-2)21(12-14)35-4/h5-8,11-12,15,23H,9-10H2,1-4H3,(H3,26,27,28,29)/t15-,23-/m1/s1. The highest BCUT2D eigenvalue weighted by atomic mass is 16.5. The monoisotopic (exact) mass is 477 g/mol. The number of carbonyl (C=O) groups excluding carboxylic acids is 1. The number of nitrogen functional groups attached to an aromatic ring is 1. The minimum Gasteiger partial charge on any atom is -0.493 e. The summed E-state index contributed by atoms with van der Waals surface area (Å²) in [5.74, 6) is 3.04. The number of aromatic nitrogens is 3. The smallest absolute Gasteiger partial charge is 0.241 e. The van der Waals surface area contributed by atoms with Gasteiger partial charge in [0.2, 0.25) is 11.9 Å². The quantitative estimate of drug-likeness (QED) is 0.550. The van der Waals surface area contributed by atoms with E-state index in [0.717, 1.165) is 16.8 Å². The molecule has 2 aromatic carbocycles. The highest BCUT2D eigenvalue weighted by Crippen LogP contribution is 2.46. The summed E-state index contributed by atoms with van der Waals surface area (Å²) >= 11 is 0. The highest BCUT2D eigenvalue weighted by molar-refractivity contribution is 6.00. The number of methoxy groups -OCH3 is 4. The molecule has 0 spiro atoms. The van der Waals surface area contributed by atoms with Gasteiger partial charge < -0.3 is 30.0 Å². The predicted octanol–water partition coefficient (Wildman–Crippen LogP) is 3.31. The molecule has 1 aliphatic heterocycles. The number of benzene rings is 2. The van der Waals surface area contributed by atoms with Crippen LogP contribution in [0.3, 0.4) is 0 Å². The highest BCUT2D eigenvalue weighted by Gasteiger charge is 2.40. The number of nitrogens with two attached hydrogens (primary N) is 1. The molecular formula is C25H27N5O5. The summed E-state index contributed by atoms with van der Waals surface area (Å²) in [6.07, 6.45) is 0.965. The fourth-order valence-corrected chi connectivity index (χ4v) is 4.90. The molecule has 10 heteroatoms. The molecule has 35 heavy (non-hydrogen) atoms. The minimum absolute atomic E-state index is 0.0260. The fourth-order valence-electron chi connectivity index (χ4n) is 4.90. The Labute approximate surface area is 202 Å². The van der Waals surface area contributed by atoms with Gasteiger partial charge in [0, 0.05) is 17.7 Å². The number of nitrogens with zero attached hydrogens (tertiary/aromatic N) is 3. The van der Waals surface area contributed by atoms with Crippen molar-refractivity contribution in [3.05, 3.63) is 58.8 Å². The zero-order chi connectivity index (χ0) is 24.7. The molecule has 0 saturated heterocycles. The number of hydrogen-bond donors (Lipinski definition) is 2. The normalized spacial score (nSPS) is 18.9. The maximum absolute atomic E-state index is 13.7. The van der Waals surface area contributed by atoms with Crippen molar-refractivity contribution in [3.63, 3.8) is 0 Å².